The maximum absolute atomic E-state index is 12.3. The van der Waals surface area contributed by atoms with Gasteiger partial charge in [-0.15, -0.1) is 0 Å². The van der Waals surface area contributed by atoms with Gasteiger partial charge in [0.25, 0.3) is 0 Å². The molecule has 0 saturated heterocycles. The Bertz CT molecular complexity index is 787. The molecule has 5 N–H and O–H groups in total. The summed E-state index contributed by atoms with van der Waals surface area (Å²) in [5.41, 5.74) is 6.88. The maximum atomic E-state index is 12.3. The molecule has 0 unspecified atom stereocenters. The van der Waals surface area contributed by atoms with Crippen LogP contribution in [0.2, 0.25) is 0 Å². The summed E-state index contributed by atoms with van der Waals surface area (Å²) in [6.45, 7) is 0.481. The summed E-state index contributed by atoms with van der Waals surface area (Å²) in [4.78, 5) is 11.1. The normalized spacial score (nSPS) is 11.0. The molecule has 7 nitrogen and oxygen atoms in total. The highest BCUT2D eigenvalue weighted by atomic mass is 32.2. The van der Waals surface area contributed by atoms with Gasteiger partial charge in [-0.2, -0.15) is 0 Å². The molecule has 0 aromatic heterocycles. The van der Waals surface area contributed by atoms with Crippen molar-refractivity contribution in [3.8, 4) is 0 Å². The van der Waals surface area contributed by atoms with E-state index in [2.05, 4.69) is 10.6 Å². The Balaban J connectivity index is 2.00. The molecule has 0 aliphatic heterocycles. The van der Waals surface area contributed by atoms with E-state index in [0.717, 1.165) is 5.69 Å². The SMILES string of the molecule is NC(=O)c1ccc(S(=O)(=O)CNc2ccc(NCCO)cc2)cc1. The number of hydrogen-bond donors (Lipinski definition) is 4. The van der Waals surface area contributed by atoms with Crippen LogP contribution in [0.25, 0.3) is 0 Å². The number of primary amides is 1. The molecule has 0 aliphatic rings. The summed E-state index contributed by atoms with van der Waals surface area (Å²) in [6.07, 6.45) is 0. The van der Waals surface area contributed by atoms with Crippen LogP contribution in [-0.2, 0) is 9.84 Å². The lowest BCUT2D eigenvalue weighted by Gasteiger charge is -2.10. The number of aliphatic hydroxyl groups excluding tert-OH is 1. The Morgan fingerprint density at radius 3 is 2.00 bits per heavy atom. The standard InChI is InChI=1S/C16H19N3O4S/c17-16(21)12-1-7-15(8-2-12)24(22,23)11-19-14-5-3-13(4-6-14)18-9-10-20/h1-8,18-20H,9-11H2,(H2,17,21). The second kappa shape index (κ2) is 7.80. The Hall–Kier alpha value is -2.58. The lowest BCUT2D eigenvalue weighted by Crippen LogP contribution is -2.15. The van der Waals surface area contributed by atoms with Crippen LogP contribution in [0.1, 0.15) is 10.4 Å². The lowest BCUT2D eigenvalue weighted by atomic mass is 10.2. The fraction of sp³-hybridized carbons (Fsp3) is 0.188. The van der Waals surface area contributed by atoms with Gasteiger partial charge in [-0.05, 0) is 48.5 Å². The minimum absolute atomic E-state index is 0.0345. The van der Waals surface area contributed by atoms with Crippen molar-refractivity contribution >= 4 is 27.1 Å². The van der Waals surface area contributed by atoms with Gasteiger partial charge in [0.2, 0.25) is 5.91 Å². The first kappa shape index (κ1) is 17.8. The van der Waals surface area contributed by atoms with Crippen molar-refractivity contribution < 1.29 is 18.3 Å². The molecule has 8 heteroatoms. The average Bonchev–Trinajstić information content (AvgIpc) is 2.59. The van der Waals surface area contributed by atoms with Gasteiger partial charge < -0.3 is 21.5 Å². The third-order valence-corrected chi connectivity index (χ3v) is 4.80. The van der Waals surface area contributed by atoms with Crippen LogP contribution in [-0.4, -0.2) is 38.5 Å². The van der Waals surface area contributed by atoms with Gasteiger partial charge >= 0.3 is 0 Å². The predicted octanol–water partition coefficient (Wildman–Crippen LogP) is 1.03. The number of aliphatic hydroxyl groups is 1. The molecule has 0 fully saturated rings. The van der Waals surface area contributed by atoms with E-state index in [0.29, 0.717) is 12.2 Å². The second-order valence-corrected chi connectivity index (χ2v) is 7.04. The molecule has 24 heavy (non-hydrogen) atoms. The Morgan fingerprint density at radius 2 is 1.50 bits per heavy atom. The van der Waals surface area contributed by atoms with E-state index in [1.165, 1.54) is 24.3 Å². The van der Waals surface area contributed by atoms with Gasteiger partial charge in [-0.3, -0.25) is 4.79 Å². The molecule has 2 aromatic rings. The van der Waals surface area contributed by atoms with Crippen LogP contribution in [0.4, 0.5) is 11.4 Å². The molecular formula is C16H19N3O4S. The zero-order valence-corrected chi connectivity index (χ0v) is 13.7. The molecule has 1 amide bonds. The van der Waals surface area contributed by atoms with E-state index in [1.807, 2.05) is 0 Å². The number of nitrogens with two attached hydrogens (primary N) is 1. The van der Waals surface area contributed by atoms with Crippen molar-refractivity contribution in [1.29, 1.82) is 0 Å². The van der Waals surface area contributed by atoms with E-state index in [-0.39, 0.29) is 22.9 Å². The summed E-state index contributed by atoms with van der Waals surface area (Å²) in [5.74, 6) is -0.876. The number of hydrogen-bond acceptors (Lipinski definition) is 6. The first-order valence-corrected chi connectivity index (χ1v) is 8.89. The molecular weight excluding hydrogens is 330 g/mol. The summed E-state index contributed by atoms with van der Waals surface area (Å²) in [6, 6.07) is 12.5. The second-order valence-electron chi connectivity index (χ2n) is 5.05. The van der Waals surface area contributed by atoms with Crippen LogP contribution >= 0.6 is 0 Å². The van der Waals surface area contributed by atoms with Crippen LogP contribution in [0.5, 0.6) is 0 Å². The summed E-state index contributed by atoms with van der Waals surface area (Å²) < 4.78 is 24.6. The third kappa shape index (κ3) is 4.71. The molecule has 0 spiro atoms. The van der Waals surface area contributed by atoms with E-state index in [1.54, 1.807) is 24.3 Å². The van der Waals surface area contributed by atoms with Crippen molar-refractivity contribution in [2.75, 3.05) is 29.7 Å². The highest BCUT2D eigenvalue weighted by molar-refractivity contribution is 7.91. The number of benzene rings is 2. The first-order valence-electron chi connectivity index (χ1n) is 7.24. The maximum Gasteiger partial charge on any atom is 0.248 e. The monoisotopic (exact) mass is 349 g/mol. The molecule has 0 aliphatic carbocycles. The van der Waals surface area contributed by atoms with Crippen molar-refractivity contribution in [3.63, 3.8) is 0 Å². The number of rotatable bonds is 8. The third-order valence-electron chi connectivity index (χ3n) is 3.29. The Kier molecular flexibility index (Phi) is 5.78. The van der Waals surface area contributed by atoms with Crippen LogP contribution in [0.3, 0.4) is 0 Å². The number of carbonyl (C=O) groups excluding carboxylic acids is 1. The summed E-state index contributed by atoms with van der Waals surface area (Å²) >= 11 is 0. The minimum atomic E-state index is -3.54. The molecule has 0 atom stereocenters. The number of amides is 1. The van der Waals surface area contributed by atoms with Crippen LogP contribution in [0, 0.1) is 0 Å². The van der Waals surface area contributed by atoms with Gasteiger partial charge in [0.05, 0.1) is 11.5 Å². The molecule has 0 heterocycles. The largest absolute Gasteiger partial charge is 0.395 e. The highest BCUT2D eigenvalue weighted by Gasteiger charge is 2.14. The van der Waals surface area contributed by atoms with Crippen molar-refractivity contribution in [1.82, 2.24) is 0 Å². The lowest BCUT2D eigenvalue weighted by molar-refractivity contribution is 0.1000. The molecule has 0 bridgehead atoms. The van der Waals surface area contributed by atoms with Crippen molar-refractivity contribution in [3.05, 3.63) is 54.1 Å². The zero-order chi connectivity index (χ0) is 17.6. The number of sulfone groups is 1. The minimum Gasteiger partial charge on any atom is -0.395 e. The number of anilines is 2. The molecule has 2 aromatic carbocycles. The Morgan fingerprint density at radius 1 is 0.958 bits per heavy atom. The predicted molar refractivity (Wildman–Crippen MR) is 92.7 cm³/mol. The van der Waals surface area contributed by atoms with Crippen molar-refractivity contribution in [2.45, 2.75) is 4.90 Å². The van der Waals surface area contributed by atoms with Crippen molar-refractivity contribution in [2.24, 2.45) is 5.73 Å². The highest BCUT2D eigenvalue weighted by Crippen LogP contribution is 2.16. The number of carbonyl (C=O) groups is 1. The molecule has 0 radical (unpaired) electrons. The topological polar surface area (TPSA) is 122 Å². The molecule has 128 valence electrons. The van der Waals surface area contributed by atoms with Gasteiger partial charge in [0, 0.05) is 23.5 Å². The number of nitrogens with one attached hydrogen (secondary N) is 2. The van der Waals surface area contributed by atoms with Gasteiger partial charge in [-0.25, -0.2) is 8.42 Å². The summed E-state index contributed by atoms with van der Waals surface area (Å²) in [5, 5.41) is 14.6. The molecule has 2 rings (SSSR count). The van der Waals surface area contributed by atoms with Gasteiger partial charge in [0.15, 0.2) is 9.84 Å². The first-order chi connectivity index (χ1) is 11.4. The van der Waals surface area contributed by atoms with E-state index in [4.69, 9.17) is 10.8 Å². The van der Waals surface area contributed by atoms with Crippen LogP contribution in [0.15, 0.2) is 53.4 Å². The van der Waals surface area contributed by atoms with Gasteiger partial charge in [-0.1, -0.05) is 0 Å². The average molecular weight is 349 g/mol. The fourth-order valence-electron chi connectivity index (χ4n) is 1.99. The van der Waals surface area contributed by atoms with Crippen LogP contribution < -0.4 is 16.4 Å². The van der Waals surface area contributed by atoms with E-state index in [9.17, 15) is 13.2 Å². The molecule has 0 saturated carbocycles. The van der Waals surface area contributed by atoms with E-state index < -0.39 is 15.7 Å². The zero-order valence-electron chi connectivity index (χ0n) is 12.9. The Labute approximate surface area is 140 Å². The fourth-order valence-corrected chi connectivity index (χ4v) is 3.07. The smallest absolute Gasteiger partial charge is 0.248 e. The van der Waals surface area contributed by atoms with E-state index >= 15 is 0 Å². The van der Waals surface area contributed by atoms with Gasteiger partial charge in [0.1, 0.15) is 5.88 Å². The quantitative estimate of drug-likeness (QED) is 0.565. The summed E-state index contributed by atoms with van der Waals surface area (Å²) in [7, 11) is -3.54.